The number of thiophene rings is 1. The van der Waals surface area contributed by atoms with Crippen molar-refractivity contribution in [3.8, 4) is 23.2 Å². The molecule has 0 saturated carbocycles. The van der Waals surface area contributed by atoms with E-state index in [0.717, 1.165) is 43.7 Å². The number of nitrogens with two attached hydrogens (primary N) is 1. The van der Waals surface area contributed by atoms with Gasteiger partial charge in [-0.25, -0.2) is 8.78 Å². The van der Waals surface area contributed by atoms with Crippen molar-refractivity contribution >= 4 is 54.7 Å². The Morgan fingerprint density at radius 2 is 2.15 bits per heavy atom. The van der Waals surface area contributed by atoms with Gasteiger partial charge in [-0.1, -0.05) is 24.6 Å². The summed E-state index contributed by atoms with van der Waals surface area (Å²) in [5, 5.41) is 16.7. The SMILES string of the molecule is CCCN/C=C/Nc1nc(OCC2CCCN2C)nc2c(F)c(-c3ccc(F)c4sc(N)c(C#N)c34)c(Cl)cc12. The van der Waals surface area contributed by atoms with Crippen LogP contribution >= 0.6 is 22.9 Å². The zero-order valence-electron chi connectivity index (χ0n) is 22.0. The van der Waals surface area contributed by atoms with Crippen molar-refractivity contribution in [3.05, 3.63) is 52.8 Å². The quantitative estimate of drug-likeness (QED) is 0.198. The van der Waals surface area contributed by atoms with Crippen molar-refractivity contribution in [2.45, 2.75) is 32.2 Å². The number of nitrogens with one attached hydrogen (secondary N) is 2. The predicted octanol–water partition coefficient (Wildman–Crippen LogP) is 6.25. The van der Waals surface area contributed by atoms with Crippen LogP contribution in [0.2, 0.25) is 5.02 Å². The number of rotatable bonds is 9. The first-order valence-corrected chi connectivity index (χ1v) is 14.1. The topological polar surface area (TPSA) is 112 Å². The van der Waals surface area contributed by atoms with Crippen molar-refractivity contribution in [3.63, 3.8) is 0 Å². The molecule has 2 aromatic heterocycles. The molecule has 1 aliphatic rings. The van der Waals surface area contributed by atoms with Crippen LogP contribution < -0.4 is 21.1 Å². The second-order valence-corrected chi connectivity index (χ2v) is 11.0. The lowest BCUT2D eigenvalue weighted by atomic mass is 9.97. The Morgan fingerprint density at radius 1 is 1.32 bits per heavy atom. The number of likely N-dealkylation sites (tertiary alicyclic amines) is 1. The molecule has 208 valence electrons. The van der Waals surface area contributed by atoms with Gasteiger partial charge in [0.15, 0.2) is 5.82 Å². The van der Waals surface area contributed by atoms with E-state index in [4.69, 9.17) is 22.1 Å². The third-order valence-corrected chi connectivity index (χ3v) is 8.28. The fraction of sp³-hybridized carbons (Fsp3) is 0.321. The number of halogens is 3. The van der Waals surface area contributed by atoms with Gasteiger partial charge in [-0.3, -0.25) is 0 Å². The Morgan fingerprint density at radius 3 is 2.88 bits per heavy atom. The second-order valence-electron chi connectivity index (χ2n) is 9.57. The fourth-order valence-electron chi connectivity index (χ4n) is 4.87. The molecule has 1 atom stereocenters. The van der Waals surface area contributed by atoms with Gasteiger partial charge in [0.05, 0.1) is 15.3 Å². The number of anilines is 2. The number of likely N-dealkylation sites (N-methyl/N-ethyl adjacent to an activating group) is 1. The maximum absolute atomic E-state index is 16.4. The summed E-state index contributed by atoms with van der Waals surface area (Å²) >= 11 is 7.60. The highest BCUT2D eigenvalue weighted by molar-refractivity contribution is 7.23. The first-order chi connectivity index (χ1) is 19.3. The van der Waals surface area contributed by atoms with Crippen LogP contribution in [0, 0.1) is 23.0 Å². The number of nitrogen functional groups attached to an aromatic ring is 1. The summed E-state index contributed by atoms with van der Waals surface area (Å²) in [4.78, 5) is 11.1. The average molecular weight is 584 g/mol. The molecule has 1 fully saturated rings. The highest BCUT2D eigenvalue weighted by Gasteiger charge is 2.26. The zero-order chi connectivity index (χ0) is 28.4. The molecule has 8 nitrogen and oxygen atoms in total. The van der Waals surface area contributed by atoms with Crippen LogP contribution in [-0.4, -0.2) is 47.7 Å². The van der Waals surface area contributed by atoms with Gasteiger partial charge in [0.2, 0.25) is 0 Å². The van der Waals surface area contributed by atoms with Crippen LogP contribution in [0.5, 0.6) is 6.01 Å². The molecular weight excluding hydrogens is 556 g/mol. The molecule has 3 heterocycles. The normalized spacial score (nSPS) is 15.8. The smallest absolute Gasteiger partial charge is 0.319 e. The van der Waals surface area contributed by atoms with Gasteiger partial charge in [-0.15, -0.1) is 11.3 Å². The van der Waals surface area contributed by atoms with E-state index in [2.05, 4.69) is 32.4 Å². The maximum Gasteiger partial charge on any atom is 0.319 e. The first kappa shape index (κ1) is 27.8. The summed E-state index contributed by atoms with van der Waals surface area (Å²) in [5.74, 6) is -0.993. The molecule has 0 spiro atoms. The minimum Gasteiger partial charge on any atom is -0.462 e. The first-order valence-electron chi connectivity index (χ1n) is 12.9. The van der Waals surface area contributed by atoms with Crippen LogP contribution in [-0.2, 0) is 0 Å². The summed E-state index contributed by atoms with van der Waals surface area (Å²) in [6.45, 7) is 4.18. The third-order valence-electron chi connectivity index (χ3n) is 6.95. The van der Waals surface area contributed by atoms with E-state index in [9.17, 15) is 9.65 Å². The van der Waals surface area contributed by atoms with Gasteiger partial charge in [-0.2, -0.15) is 15.2 Å². The van der Waals surface area contributed by atoms with Gasteiger partial charge in [0, 0.05) is 41.3 Å². The van der Waals surface area contributed by atoms with Crippen molar-refractivity contribution in [1.82, 2.24) is 20.2 Å². The number of nitriles is 1. The molecular formula is C28H28ClF2N7OS. The molecule has 1 unspecified atom stereocenters. The van der Waals surface area contributed by atoms with Gasteiger partial charge < -0.3 is 26.0 Å². The number of nitrogens with zero attached hydrogens (tertiary/aromatic N) is 4. The van der Waals surface area contributed by atoms with Crippen molar-refractivity contribution in [2.75, 3.05) is 37.8 Å². The lowest BCUT2D eigenvalue weighted by Gasteiger charge is -2.19. The number of fused-ring (bicyclic) bond motifs is 2. The molecule has 0 bridgehead atoms. The van der Waals surface area contributed by atoms with Crippen LogP contribution in [0.25, 0.3) is 32.1 Å². The largest absolute Gasteiger partial charge is 0.462 e. The molecule has 2 aromatic carbocycles. The van der Waals surface area contributed by atoms with E-state index < -0.39 is 11.6 Å². The summed E-state index contributed by atoms with van der Waals surface area (Å²) < 4.78 is 37.2. The Hall–Kier alpha value is -3.72. The third kappa shape index (κ3) is 5.22. The van der Waals surface area contributed by atoms with E-state index in [1.807, 2.05) is 13.1 Å². The molecule has 0 amide bonds. The van der Waals surface area contributed by atoms with E-state index >= 15 is 4.39 Å². The molecule has 12 heteroatoms. The molecule has 1 saturated heterocycles. The highest BCUT2D eigenvalue weighted by Crippen LogP contribution is 2.45. The summed E-state index contributed by atoms with van der Waals surface area (Å²) in [5.41, 5.74) is 6.28. The number of benzene rings is 2. The van der Waals surface area contributed by atoms with Crippen LogP contribution in [0.4, 0.5) is 19.6 Å². The number of ether oxygens (including phenoxy) is 1. The molecule has 4 N–H and O–H groups in total. The maximum atomic E-state index is 16.4. The molecule has 5 rings (SSSR count). The standard InChI is InChI=1S/C28H28ClF2N7OS/c1-3-8-34-9-10-35-27-17-12-19(29)22(16-6-7-20(30)25-21(16)18(13-32)26(33)40-25)23(31)24(17)36-28(37-27)39-14-15-5-4-11-38(15)2/h6-7,9-10,12,15,34H,3-5,8,11,14,33H2,1-2H3,(H,35,36,37)/b10-9+. The summed E-state index contributed by atoms with van der Waals surface area (Å²) in [6.07, 6.45) is 6.41. The van der Waals surface area contributed by atoms with Crippen LogP contribution in [0.1, 0.15) is 31.7 Å². The molecule has 0 aliphatic carbocycles. The summed E-state index contributed by atoms with van der Waals surface area (Å²) in [6, 6.07) is 6.40. The zero-order valence-corrected chi connectivity index (χ0v) is 23.6. The van der Waals surface area contributed by atoms with E-state index in [1.165, 1.54) is 12.1 Å². The lowest BCUT2D eigenvalue weighted by Crippen LogP contribution is -2.30. The van der Waals surface area contributed by atoms with Crippen molar-refractivity contribution < 1.29 is 13.5 Å². The fourth-order valence-corrected chi connectivity index (χ4v) is 6.12. The van der Waals surface area contributed by atoms with E-state index in [0.29, 0.717) is 17.8 Å². The Labute approximate surface area is 239 Å². The van der Waals surface area contributed by atoms with Gasteiger partial charge >= 0.3 is 6.01 Å². The Kier molecular flexibility index (Phi) is 8.21. The molecule has 0 radical (unpaired) electrons. The molecule has 4 aromatic rings. The minimum absolute atomic E-state index is 0.0131. The Bertz CT molecular complexity index is 1650. The minimum atomic E-state index is -0.745. The number of hydrogen-bond donors (Lipinski definition) is 3. The van der Waals surface area contributed by atoms with E-state index in [-0.39, 0.29) is 54.4 Å². The van der Waals surface area contributed by atoms with Crippen molar-refractivity contribution in [1.29, 1.82) is 5.26 Å². The van der Waals surface area contributed by atoms with Crippen molar-refractivity contribution in [2.24, 2.45) is 0 Å². The van der Waals surface area contributed by atoms with Gasteiger partial charge in [-0.05, 0) is 50.6 Å². The van der Waals surface area contributed by atoms with Crippen LogP contribution in [0.15, 0.2) is 30.6 Å². The average Bonchev–Trinajstić information content (AvgIpc) is 3.51. The monoisotopic (exact) mass is 583 g/mol. The molecule has 40 heavy (non-hydrogen) atoms. The van der Waals surface area contributed by atoms with Crippen LogP contribution in [0.3, 0.4) is 0 Å². The number of aromatic nitrogens is 2. The van der Waals surface area contributed by atoms with Gasteiger partial charge in [0.1, 0.15) is 34.8 Å². The Balaban J connectivity index is 1.65. The molecule has 1 aliphatic heterocycles. The number of hydrogen-bond acceptors (Lipinski definition) is 9. The van der Waals surface area contributed by atoms with E-state index in [1.54, 1.807) is 18.5 Å². The predicted molar refractivity (Wildman–Crippen MR) is 157 cm³/mol. The lowest BCUT2D eigenvalue weighted by molar-refractivity contribution is 0.188. The highest BCUT2D eigenvalue weighted by atomic mass is 35.5. The van der Waals surface area contributed by atoms with Gasteiger partial charge in [0.25, 0.3) is 0 Å². The second kappa shape index (κ2) is 11.8. The summed E-state index contributed by atoms with van der Waals surface area (Å²) in [7, 11) is 2.04.